The maximum absolute atomic E-state index is 9.83. The van der Waals surface area contributed by atoms with Gasteiger partial charge in [0.05, 0.1) is 12.7 Å². The molecule has 2 saturated carbocycles. The number of halogens is 1. The van der Waals surface area contributed by atoms with Crippen molar-refractivity contribution in [1.29, 1.82) is 0 Å². The van der Waals surface area contributed by atoms with Gasteiger partial charge in [0.15, 0.2) is 0 Å². The van der Waals surface area contributed by atoms with E-state index in [1.54, 1.807) is 6.92 Å². The fraction of sp³-hybridized carbons (Fsp3) is 0.625. The number of hydrogen-bond acceptors (Lipinski definition) is 2. The summed E-state index contributed by atoms with van der Waals surface area (Å²) < 4.78 is 6.99. The molecule has 2 nitrogen and oxygen atoms in total. The summed E-state index contributed by atoms with van der Waals surface area (Å²) in [4.78, 5) is 0. The first-order chi connectivity index (χ1) is 9.13. The van der Waals surface area contributed by atoms with Crippen molar-refractivity contribution in [2.75, 3.05) is 6.61 Å². The molecule has 0 saturated heterocycles. The zero-order chi connectivity index (χ0) is 13.4. The van der Waals surface area contributed by atoms with Gasteiger partial charge in [0.1, 0.15) is 5.75 Å². The molecule has 104 valence electrons. The number of hydrogen-bond donors (Lipinski definition) is 1. The zero-order valence-electron chi connectivity index (χ0n) is 11.3. The first kappa shape index (κ1) is 13.4. The van der Waals surface area contributed by atoms with Gasteiger partial charge in [0, 0.05) is 10.0 Å². The van der Waals surface area contributed by atoms with E-state index in [0.29, 0.717) is 0 Å². The quantitative estimate of drug-likeness (QED) is 0.893. The maximum atomic E-state index is 9.83. The lowest BCUT2D eigenvalue weighted by Gasteiger charge is -2.23. The molecule has 2 fully saturated rings. The molecule has 0 aromatic heterocycles. The van der Waals surface area contributed by atoms with Crippen LogP contribution in [0.15, 0.2) is 22.7 Å². The predicted octanol–water partition coefficient (Wildman–Crippen LogP) is 4.32. The van der Waals surface area contributed by atoms with Crippen molar-refractivity contribution in [1.82, 2.24) is 0 Å². The van der Waals surface area contributed by atoms with Crippen molar-refractivity contribution >= 4 is 15.9 Å². The molecule has 2 aliphatic rings. The Morgan fingerprint density at radius 3 is 2.84 bits per heavy atom. The van der Waals surface area contributed by atoms with E-state index in [9.17, 15) is 5.11 Å². The average Bonchev–Trinajstić information content (AvgIpc) is 2.99. The van der Waals surface area contributed by atoms with Crippen molar-refractivity contribution < 1.29 is 9.84 Å². The number of fused-ring (bicyclic) bond motifs is 2. The van der Waals surface area contributed by atoms with Crippen LogP contribution in [0.2, 0.25) is 0 Å². The minimum atomic E-state index is -0.493. The van der Waals surface area contributed by atoms with Gasteiger partial charge < -0.3 is 9.84 Å². The van der Waals surface area contributed by atoms with Gasteiger partial charge in [0.2, 0.25) is 0 Å². The van der Waals surface area contributed by atoms with Gasteiger partial charge in [-0.15, -0.1) is 0 Å². The Morgan fingerprint density at radius 1 is 1.37 bits per heavy atom. The van der Waals surface area contributed by atoms with Gasteiger partial charge >= 0.3 is 0 Å². The third-order valence-corrected chi connectivity index (χ3v) is 5.25. The molecule has 4 atom stereocenters. The molecule has 0 aliphatic heterocycles. The van der Waals surface area contributed by atoms with Crippen LogP contribution in [0, 0.1) is 17.8 Å². The molecule has 19 heavy (non-hydrogen) atoms. The SMILES string of the molecule is C[C@@H](O)c1cc(Br)ccc1OCC1CC2CCC1C2. The molecular weight excluding hydrogens is 304 g/mol. The topological polar surface area (TPSA) is 29.5 Å². The number of benzene rings is 1. The highest BCUT2D eigenvalue weighted by Crippen LogP contribution is 2.48. The molecule has 0 radical (unpaired) electrons. The van der Waals surface area contributed by atoms with Gasteiger partial charge in [-0.25, -0.2) is 0 Å². The second kappa shape index (κ2) is 5.45. The van der Waals surface area contributed by atoms with E-state index in [0.717, 1.165) is 40.1 Å². The summed E-state index contributed by atoms with van der Waals surface area (Å²) in [5.74, 6) is 3.40. The van der Waals surface area contributed by atoms with E-state index in [2.05, 4.69) is 15.9 Å². The lowest BCUT2D eigenvalue weighted by molar-refractivity contribution is 0.172. The van der Waals surface area contributed by atoms with Gasteiger partial charge in [-0.2, -0.15) is 0 Å². The van der Waals surface area contributed by atoms with E-state index < -0.39 is 6.10 Å². The molecule has 3 heteroatoms. The van der Waals surface area contributed by atoms with Crippen LogP contribution in [0.4, 0.5) is 0 Å². The summed E-state index contributed by atoms with van der Waals surface area (Å²) in [5.41, 5.74) is 0.873. The molecule has 2 aliphatic carbocycles. The number of ether oxygens (including phenoxy) is 1. The van der Waals surface area contributed by atoms with Crippen LogP contribution >= 0.6 is 15.9 Å². The predicted molar refractivity (Wildman–Crippen MR) is 79.2 cm³/mol. The Hall–Kier alpha value is -0.540. The van der Waals surface area contributed by atoms with Crippen LogP contribution in [0.5, 0.6) is 5.75 Å². The minimum absolute atomic E-state index is 0.493. The van der Waals surface area contributed by atoms with Crippen molar-refractivity contribution in [2.24, 2.45) is 17.8 Å². The van der Waals surface area contributed by atoms with Crippen molar-refractivity contribution in [3.05, 3.63) is 28.2 Å². The first-order valence-corrected chi connectivity index (χ1v) is 8.03. The molecule has 0 amide bonds. The fourth-order valence-electron chi connectivity index (χ4n) is 3.75. The largest absolute Gasteiger partial charge is 0.493 e. The Labute approximate surface area is 123 Å². The van der Waals surface area contributed by atoms with Gasteiger partial charge in [-0.05, 0) is 62.1 Å². The summed E-state index contributed by atoms with van der Waals surface area (Å²) in [5, 5.41) is 9.83. The van der Waals surface area contributed by atoms with Crippen LogP contribution in [0.1, 0.15) is 44.3 Å². The summed E-state index contributed by atoms with van der Waals surface area (Å²) in [6.07, 6.45) is 5.08. The highest BCUT2D eigenvalue weighted by molar-refractivity contribution is 9.10. The Morgan fingerprint density at radius 2 is 2.21 bits per heavy atom. The summed E-state index contributed by atoms with van der Waals surface area (Å²) >= 11 is 3.44. The van der Waals surface area contributed by atoms with Crippen molar-refractivity contribution in [3.63, 3.8) is 0 Å². The van der Waals surface area contributed by atoms with Gasteiger partial charge in [-0.3, -0.25) is 0 Å². The minimum Gasteiger partial charge on any atom is -0.493 e. The third-order valence-electron chi connectivity index (χ3n) is 4.76. The number of aliphatic hydroxyl groups is 1. The fourth-order valence-corrected chi connectivity index (χ4v) is 4.13. The molecule has 1 aromatic rings. The van der Waals surface area contributed by atoms with Crippen LogP contribution in [0.3, 0.4) is 0 Å². The van der Waals surface area contributed by atoms with Gasteiger partial charge in [-0.1, -0.05) is 22.4 Å². The van der Waals surface area contributed by atoms with Crippen molar-refractivity contribution in [3.8, 4) is 5.75 Å². The van der Waals surface area contributed by atoms with Gasteiger partial charge in [0.25, 0.3) is 0 Å². The highest BCUT2D eigenvalue weighted by Gasteiger charge is 2.39. The molecule has 3 unspecified atom stereocenters. The van der Waals surface area contributed by atoms with E-state index in [1.165, 1.54) is 25.7 Å². The standard InChI is InChI=1S/C16H21BrO2/c1-10(18)15-8-14(17)4-5-16(15)19-9-13-7-11-2-3-12(13)6-11/h4-5,8,10-13,18H,2-3,6-7,9H2,1H3/t10-,11?,12?,13?/m1/s1. The summed E-state index contributed by atoms with van der Waals surface area (Å²) in [6, 6.07) is 5.88. The maximum Gasteiger partial charge on any atom is 0.125 e. The lowest BCUT2D eigenvalue weighted by Crippen LogP contribution is -2.19. The number of rotatable bonds is 4. The summed E-state index contributed by atoms with van der Waals surface area (Å²) in [6.45, 7) is 2.59. The Balaban J connectivity index is 1.66. The highest BCUT2D eigenvalue weighted by atomic mass is 79.9. The van der Waals surface area contributed by atoms with Crippen LogP contribution in [-0.2, 0) is 0 Å². The first-order valence-electron chi connectivity index (χ1n) is 7.24. The Kier molecular flexibility index (Phi) is 3.86. The van der Waals surface area contributed by atoms with E-state index in [4.69, 9.17) is 4.74 Å². The molecule has 1 N–H and O–H groups in total. The van der Waals surface area contributed by atoms with Crippen molar-refractivity contribution in [2.45, 2.75) is 38.7 Å². The molecule has 0 heterocycles. The molecule has 2 bridgehead atoms. The number of aliphatic hydroxyl groups excluding tert-OH is 1. The third kappa shape index (κ3) is 2.82. The average molecular weight is 325 g/mol. The summed E-state index contributed by atoms with van der Waals surface area (Å²) in [7, 11) is 0. The van der Waals surface area contributed by atoms with E-state index in [1.807, 2.05) is 18.2 Å². The second-order valence-electron chi connectivity index (χ2n) is 6.10. The Bertz CT molecular complexity index is 458. The monoisotopic (exact) mass is 324 g/mol. The zero-order valence-corrected chi connectivity index (χ0v) is 12.9. The second-order valence-corrected chi connectivity index (χ2v) is 7.02. The lowest BCUT2D eigenvalue weighted by atomic mass is 9.89. The van der Waals surface area contributed by atoms with Crippen LogP contribution < -0.4 is 4.74 Å². The molecular formula is C16H21BrO2. The van der Waals surface area contributed by atoms with Crippen LogP contribution in [0.25, 0.3) is 0 Å². The van der Waals surface area contributed by atoms with E-state index in [-0.39, 0.29) is 0 Å². The van der Waals surface area contributed by atoms with Crippen LogP contribution in [-0.4, -0.2) is 11.7 Å². The van der Waals surface area contributed by atoms with E-state index >= 15 is 0 Å². The molecule has 1 aromatic carbocycles. The normalized spacial score (nSPS) is 30.6. The smallest absolute Gasteiger partial charge is 0.125 e. The molecule has 0 spiro atoms. The molecule has 3 rings (SSSR count).